The highest BCUT2D eigenvalue weighted by Gasteiger charge is 2.53. The van der Waals surface area contributed by atoms with Crippen LogP contribution in [0.3, 0.4) is 0 Å². The quantitative estimate of drug-likeness (QED) is 0.533. The average Bonchev–Trinajstić information content (AvgIpc) is 3.40. The van der Waals surface area contributed by atoms with Gasteiger partial charge in [-0.25, -0.2) is 4.98 Å². The minimum absolute atomic E-state index is 0.196. The van der Waals surface area contributed by atoms with E-state index in [4.69, 9.17) is 16.3 Å². The van der Waals surface area contributed by atoms with Crippen LogP contribution in [0.15, 0.2) is 36.4 Å². The number of halogens is 2. The Morgan fingerprint density at radius 1 is 1.03 bits per heavy atom. The number of anilines is 2. The van der Waals surface area contributed by atoms with E-state index in [-0.39, 0.29) is 5.41 Å². The van der Waals surface area contributed by atoms with Crippen LogP contribution < -0.4 is 9.80 Å². The van der Waals surface area contributed by atoms with Crippen molar-refractivity contribution < 1.29 is 9.13 Å². The number of hydrogen-bond acceptors (Lipinski definition) is 7. The van der Waals surface area contributed by atoms with Gasteiger partial charge in [0.05, 0.1) is 18.8 Å². The highest BCUT2D eigenvalue weighted by Crippen LogP contribution is 2.44. The number of pyridine rings is 1. The van der Waals surface area contributed by atoms with Crippen molar-refractivity contribution in [2.75, 3.05) is 49.2 Å². The molecule has 3 saturated heterocycles. The number of aromatic nitrogens is 4. The molecule has 0 N–H and O–H groups in total. The van der Waals surface area contributed by atoms with Crippen molar-refractivity contribution in [3.05, 3.63) is 58.8 Å². The Morgan fingerprint density at radius 3 is 2.68 bits per heavy atom. The molecule has 34 heavy (non-hydrogen) atoms. The van der Waals surface area contributed by atoms with Gasteiger partial charge in [-0.2, -0.15) is 4.39 Å². The molecule has 2 aromatic heterocycles. The van der Waals surface area contributed by atoms with E-state index in [0.29, 0.717) is 11.9 Å². The summed E-state index contributed by atoms with van der Waals surface area (Å²) in [5.74, 6) is 2.11. The monoisotopic (exact) mass is 481 g/mol. The predicted octanol–water partition coefficient (Wildman–Crippen LogP) is 2.89. The molecule has 176 valence electrons. The minimum atomic E-state index is -0.434. The van der Waals surface area contributed by atoms with Crippen molar-refractivity contribution in [2.24, 2.45) is 5.41 Å². The van der Waals surface area contributed by atoms with Gasteiger partial charge in [-0.05, 0) is 42.3 Å². The summed E-state index contributed by atoms with van der Waals surface area (Å²) in [6.45, 7) is 6.66. The summed E-state index contributed by atoms with van der Waals surface area (Å²) in [5, 5.41) is 9.99. The zero-order valence-electron chi connectivity index (χ0n) is 18.7. The van der Waals surface area contributed by atoms with E-state index in [2.05, 4.69) is 46.6 Å². The molecule has 1 atom stereocenters. The van der Waals surface area contributed by atoms with Crippen LogP contribution >= 0.6 is 11.6 Å². The van der Waals surface area contributed by atoms with Gasteiger partial charge in [0, 0.05) is 55.8 Å². The zero-order valence-corrected chi connectivity index (χ0v) is 19.5. The molecule has 1 spiro atoms. The lowest BCUT2D eigenvalue weighted by molar-refractivity contribution is 0.133. The van der Waals surface area contributed by atoms with E-state index in [1.54, 1.807) is 6.07 Å². The molecule has 10 heteroatoms. The first-order chi connectivity index (χ1) is 16.6. The Kier molecular flexibility index (Phi) is 4.62. The number of benzene rings is 1. The lowest BCUT2D eigenvalue weighted by Gasteiger charge is -2.60. The lowest BCUT2D eigenvalue weighted by atomic mass is 9.73. The SMILES string of the molecule is Fc1cccc(N2CC3(C2)CN(c2nnc4n2-c2ccc(Cl)cc2CN([C@H]2CCOC2)C4)C3)n1. The van der Waals surface area contributed by atoms with Gasteiger partial charge in [0.1, 0.15) is 5.82 Å². The highest BCUT2D eigenvalue weighted by atomic mass is 35.5. The van der Waals surface area contributed by atoms with Crippen molar-refractivity contribution in [3.63, 3.8) is 0 Å². The molecule has 4 aliphatic rings. The maximum atomic E-state index is 13.5. The summed E-state index contributed by atoms with van der Waals surface area (Å²) in [6.07, 6.45) is 1.03. The second-order valence-corrected chi connectivity index (χ2v) is 10.4. The van der Waals surface area contributed by atoms with Gasteiger partial charge in [-0.15, -0.1) is 10.2 Å². The number of rotatable bonds is 3. The van der Waals surface area contributed by atoms with Crippen molar-refractivity contribution in [1.82, 2.24) is 24.6 Å². The molecule has 4 aliphatic heterocycles. The molecule has 0 aliphatic carbocycles. The number of ether oxygens (including phenoxy) is 1. The van der Waals surface area contributed by atoms with E-state index < -0.39 is 5.95 Å². The third kappa shape index (κ3) is 3.29. The van der Waals surface area contributed by atoms with Crippen molar-refractivity contribution in [2.45, 2.75) is 25.6 Å². The summed E-state index contributed by atoms with van der Waals surface area (Å²) >= 11 is 6.39. The topological polar surface area (TPSA) is 62.6 Å². The van der Waals surface area contributed by atoms with Crippen LogP contribution in [0.1, 0.15) is 17.8 Å². The van der Waals surface area contributed by atoms with E-state index in [1.165, 1.54) is 11.6 Å². The van der Waals surface area contributed by atoms with Crippen LogP contribution in [0, 0.1) is 11.4 Å². The molecule has 3 fully saturated rings. The second kappa shape index (κ2) is 7.63. The second-order valence-electron chi connectivity index (χ2n) is 9.98. The maximum Gasteiger partial charge on any atom is 0.231 e. The Morgan fingerprint density at radius 2 is 1.88 bits per heavy atom. The predicted molar refractivity (Wildman–Crippen MR) is 126 cm³/mol. The minimum Gasteiger partial charge on any atom is -0.380 e. The molecule has 0 radical (unpaired) electrons. The number of nitrogens with zero attached hydrogens (tertiary/aromatic N) is 7. The van der Waals surface area contributed by atoms with E-state index in [9.17, 15) is 4.39 Å². The van der Waals surface area contributed by atoms with Crippen LogP contribution in [0.25, 0.3) is 5.69 Å². The molecule has 3 aromatic rings. The van der Waals surface area contributed by atoms with Crippen LogP contribution in [0.2, 0.25) is 5.02 Å². The molecule has 6 heterocycles. The van der Waals surface area contributed by atoms with Crippen LogP contribution in [-0.4, -0.2) is 70.1 Å². The van der Waals surface area contributed by atoms with Crippen LogP contribution in [-0.2, 0) is 17.8 Å². The fraction of sp³-hybridized carbons (Fsp3) is 0.458. The standard InChI is InChI=1S/C24H25ClFN7O/c25-17-4-5-19-16(8-17)9-30(18-6-7-34-11-18)10-22-28-29-23(33(19)22)32-14-24(15-32)12-31(13-24)21-3-1-2-20(26)27-21/h1-5,8,18H,6-7,9-15H2/t18-/m0/s1. The van der Waals surface area contributed by atoms with Gasteiger partial charge >= 0.3 is 0 Å². The van der Waals surface area contributed by atoms with Crippen molar-refractivity contribution in [1.29, 1.82) is 0 Å². The highest BCUT2D eigenvalue weighted by molar-refractivity contribution is 6.30. The van der Waals surface area contributed by atoms with E-state index >= 15 is 0 Å². The zero-order chi connectivity index (χ0) is 22.9. The fourth-order valence-electron chi connectivity index (χ4n) is 5.89. The van der Waals surface area contributed by atoms with Gasteiger partial charge < -0.3 is 14.5 Å². The summed E-state index contributed by atoms with van der Waals surface area (Å²) in [4.78, 5) is 10.9. The molecular weight excluding hydrogens is 457 g/mol. The average molecular weight is 482 g/mol. The van der Waals surface area contributed by atoms with Crippen LogP contribution in [0.5, 0.6) is 0 Å². The Balaban J connectivity index is 1.14. The third-order valence-corrected chi connectivity index (χ3v) is 7.78. The van der Waals surface area contributed by atoms with Gasteiger partial charge in [-0.3, -0.25) is 9.47 Å². The first-order valence-corrected chi connectivity index (χ1v) is 12.1. The molecule has 0 amide bonds. The first kappa shape index (κ1) is 20.6. The molecule has 0 unspecified atom stereocenters. The Hall–Kier alpha value is -2.75. The molecule has 0 bridgehead atoms. The maximum absolute atomic E-state index is 13.5. The molecular formula is C24H25ClFN7O. The molecule has 0 saturated carbocycles. The largest absolute Gasteiger partial charge is 0.380 e. The van der Waals surface area contributed by atoms with Gasteiger partial charge in [-0.1, -0.05) is 17.7 Å². The van der Waals surface area contributed by atoms with E-state index in [1.807, 2.05) is 12.1 Å². The lowest BCUT2D eigenvalue weighted by Crippen LogP contribution is -2.73. The smallest absolute Gasteiger partial charge is 0.231 e. The Labute approximate surface area is 201 Å². The number of fused-ring (bicyclic) bond motifs is 3. The molecule has 1 aromatic carbocycles. The summed E-state index contributed by atoms with van der Waals surface area (Å²) in [6, 6.07) is 11.4. The first-order valence-electron chi connectivity index (χ1n) is 11.7. The van der Waals surface area contributed by atoms with E-state index in [0.717, 1.165) is 81.4 Å². The summed E-state index contributed by atoms with van der Waals surface area (Å²) < 4.78 is 21.4. The van der Waals surface area contributed by atoms with Gasteiger partial charge in [0.15, 0.2) is 5.82 Å². The van der Waals surface area contributed by atoms with Crippen molar-refractivity contribution >= 4 is 23.4 Å². The summed E-state index contributed by atoms with van der Waals surface area (Å²) in [7, 11) is 0. The fourth-order valence-corrected chi connectivity index (χ4v) is 6.08. The summed E-state index contributed by atoms with van der Waals surface area (Å²) in [5.41, 5.74) is 2.48. The normalized spacial score (nSPS) is 23.3. The van der Waals surface area contributed by atoms with Gasteiger partial charge in [0.25, 0.3) is 0 Å². The number of hydrogen-bond donors (Lipinski definition) is 0. The van der Waals surface area contributed by atoms with Crippen molar-refractivity contribution in [3.8, 4) is 5.69 Å². The third-order valence-electron chi connectivity index (χ3n) is 7.55. The van der Waals surface area contributed by atoms with Gasteiger partial charge in [0.2, 0.25) is 11.9 Å². The molecule has 7 rings (SSSR count). The van der Waals surface area contributed by atoms with Crippen LogP contribution in [0.4, 0.5) is 16.2 Å². The molecule has 8 nitrogen and oxygen atoms in total. The Bertz CT molecular complexity index is 1250.